The molecule has 0 bridgehead atoms. The molecule has 4 aromatic carbocycles. The van der Waals surface area contributed by atoms with E-state index in [1.807, 2.05) is 24.3 Å². The van der Waals surface area contributed by atoms with Crippen molar-refractivity contribution in [1.29, 1.82) is 0 Å². The third-order valence-corrected chi connectivity index (χ3v) is 14.7. The number of fused-ring (bicyclic) bond motifs is 6. The second-order valence-corrected chi connectivity index (χ2v) is 16.1. The van der Waals surface area contributed by atoms with Gasteiger partial charge in [-0.1, -0.05) is 0 Å². The van der Waals surface area contributed by atoms with E-state index >= 15 is 0 Å². The number of benzene rings is 4. The van der Waals surface area contributed by atoms with E-state index < -0.39 is 29.3 Å². The summed E-state index contributed by atoms with van der Waals surface area (Å²) in [4.78, 5) is 27.5. The first-order valence-electron chi connectivity index (χ1n) is 14.0. The van der Waals surface area contributed by atoms with Crippen molar-refractivity contribution in [3.63, 3.8) is 0 Å². The molecule has 41 heavy (non-hydrogen) atoms. The predicted molar refractivity (Wildman–Crippen MR) is 157 cm³/mol. The Balaban J connectivity index is 1.66. The second kappa shape index (κ2) is 9.54. The minimum atomic E-state index is -4.82. The summed E-state index contributed by atoms with van der Waals surface area (Å²) in [5.74, 6) is -1.05. The molecule has 0 saturated heterocycles. The number of rotatable bonds is 4. The van der Waals surface area contributed by atoms with Crippen LogP contribution in [0.15, 0.2) is 109 Å². The van der Waals surface area contributed by atoms with Crippen molar-refractivity contribution in [2.24, 2.45) is 0 Å². The van der Waals surface area contributed by atoms with Crippen LogP contribution in [0.4, 0.5) is 0 Å². The van der Waals surface area contributed by atoms with Gasteiger partial charge >= 0.3 is 246 Å². The van der Waals surface area contributed by atoms with Crippen molar-refractivity contribution in [2.75, 3.05) is 0 Å². The zero-order chi connectivity index (χ0) is 28.5. The first-order valence-corrected chi connectivity index (χ1v) is 17.1. The molecular weight excluding hydrogens is 544 g/mol. The first kappa shape index (κ1) is 25.9. The van der Waals surface area contributed by atoms with E-state index in [0.717, 1.165) is 57.3 Å². The fraction of sp³-hybridized carbons (Fsp3) is 0.167. The normalized spacial score (nSPS) is 18.4. The average Bonchev–Trinajstić information content (AvgIpc) is 3.51. The van der Waals surface area contributed by atoms with Gasteiger partial charge in [0.15, 0.2) is 0 Å². The summed E-state index contributed by atoms with van der Waals surface area (Å²) in [5, 5.41) is 0. The minimum absolute atomic E-state index is 0.279. The third kappa shape index (κ3) is 3.78. The molecule has 2 unspecified atom stereocenters. The standard InChI is InChI=1S/C28H20.2C4H6O2.Ti/c1-3-11-23-21(7-1)17-27-19(9-5-13-25(23)27)15-16-20-10-6-14-26-24-12-4-2-8-22(24)18-28(20)26;2*1-3(2)4(5)6;/h1-14,17-18H,15-16H2;2*1H2,2H3,(H,5,6);/q;;;+2/p-2. The van der Waals surface area contributed by atoms with E-state index in [-0.39, 0.29) is 19.6 Å². The molecule has 1 aliphatic heterocycles. The molecule has 2 aliphatic carbocycles. The van der Waals surface area contributed by atoms with Gasteiger partial charge in [0.2, 0.25) is 0 Å². The predicted octanol–water partition coefficient (Wildman–Crippen LogP) is 7.85. The SMILES string of the molecule is C=C(C)C(=O)[O][Ti]1([O]C(=O)C(=C)C)[CH]2c3ccccc3-c3cccc(c32)CCc2cccc3c2[CH]1c1ccccc1-3. The number of carbonyl (C=O) groups is 2. The molecule has 0 spiro atoms. The molecule has 202 valence electrons. The molecule has 4 aromatic rings. The van der Waals surface area contributed by atoms with Crippen LogP contribution in [-0.2, 0) is 46.4 Å². The molecule has 7 rings (SSSR count). The number of carbonyl (C=O) groups excluding carboxylic acids is 2. The summed E-state index contributed by atoms with van der Waals surface area (Å²) < 4.78 is 12.9. The van der Waals surface area contributed by atoms with Crippen molar-refractivity contribution < 1.29 is 33.6 Å². The van der Waals surface area contributed by atoms with Gasteiger partial charge in [-0.2, -0.15) is 0 Å². The number of aryl methyl sites for hydroxylation is 2. The van der Waals surface area contributed by atoms with E-state index in [9.17, 15) is 9.59 Å². The van der Waals surface area contributed by atoms with Crippen LogP contribution in [0, 0.1) is 0 Å². The maximum atomic E-state index is 13.8. The van der Waals surface area contributed by atoms with Gasteiger partial charge in [-0.25, -0.2) is 0 Å². The third-order valence-electron chi connectivity index (χ3n) is 8.76. The molecule has 5 heteroatoms. The summed E-state index contributed by atoms with van der Waals surface area (Å²) in [6.07, 6.45) is 1.66. The van der Waals surface area contributed by atoms with Gasteiger partial charge in [0, 0.05) is 0 Å². The van der Waals surface area contributed by atoms with Crippen LogP contribution in [0.3, 0.4) is 0 Å². The van der Waals surface area contributed by atoms with Gasteiger partial charge in [-0.05, 0) is 0 Å². The Hall–Kier alpha value is -3.99. The van der Waals surface area contributed by atoms with Crippen LogP contribution in [0.25, 0.3) is 22.3 Å². The topological polar surface area (TPSA) is 52.6 Å². The summed E-state index contributed by atoms with van der Waals surface area (Å²) in [6, 6.07) is 29.4. The Morgan fingerprint density at radius 2 is 1.00 bits per heavy atom. The molecule has 0 radical (unpaired) electrons. The Kier molecular flexibility index (Phi) is 6.04. The molecule has 0 fully saturated rings. The Morgan fingerprint density at radius 3 is 1.41 bits per heavy atom. The average molecular weight is 574 g/mol. The van der Waals surface area contributed by atoms with E-state index in [2.05, 4.69) is 73.8 Å². The van der Waals surface area contributed by atoms with Crippen molar-refractivity contribution in [3.05, 3.63) is 143 Å². The Bertz CT molecular complexity index is 1680. The van der Waals surface area contributed by atoms with Crippen LogP contribution in [0.2, 0.25) is 0 Å². The summed E-state index contributed by atoms with van der Waals surface area (Å²) >= 11 is -4.82. The van der Waals surface area contributed by atoms with Crippen LogP contribution < -0.4 is 0 Å². The maximum absolute atomic E-state index is 13.8. The Morgan fingerprint density at radius 1 is 0.610 bits per heavy atom. The molecule has 0 saturated carbocycles. The van der Waals surface area contributed by atoms with Crippen LogP contribution in [0.5, 0.6) is 0 Å². The van der Waals surface area contributed by atoms with Crippen molar-refractivity contribution in [1.82, 2.24) is 0 Å². The van der Waals surface area contributed by atoms with Gasteiger partial charge in [-0.15, -0.1) is 0 Å². The van der Waals surface area contributed by atoms with Crippen LogP contribution >= 0.6 is 0 Å². The van der Waals surface area contributed by atoms with Gasteiger partial charge in [0.25, 0.3) is 0 Å². The molecule has 2 atom stereocenters. The molecule has 0 amide bonds. The monoisotopic (exact) mass is 574 g/mol. The fourth-order valence-electron chi connectivity index (χ4n) is 7.11. The van der Waals surface area contributed by atoms with Gasteiger partial charge < -0.3 is 0 Å². The van der Waals surface area contributed by atoms with Gasteiger partial charge in [0.1, 0.15) is 0 Å². The van der Waals surface area contributed by atoms with E-state index in [4.69, 9.17) is 6.64 Å². The zero-order valence-corrected chi connectivity index (χ0v) is 24.8. The van der Waals surface area contributed by atoms with E-state index in [1.165, 1.54) is 11.1 Å². The molecular formula is C36H30O4Ti. The van der Waals surface area contributed by atoms with Crippen LogP contribution in [-0.4, -0.2) is 11.9 Å². The molecule has 0 N–H and O–H groups in total. The fourth-order valence-corrected chi connectivity index (χ4v) is 14.3. The van der Waals surface area contributed by atoms with E-state index in [1.54, 1.807) is 13.8 Å². The summed E-state index contributed by atoms with van der Waals surface area (Å²) in [7, 11) is 0. The van der Waals surface area contributed by atoms with E-state index in [0.29, 0.717) is 0 Å². The van der Waals surface area contributed by atoms with Gasteiger partial charge in [0.05, 0.1) is 0 Å². The molecule has 3 aliphatic rings. The summed E-state index contributed by atoms with van der Waals surface area (Å²) in [6.45, 7) is 11.2. The Labute approximate surface area is 244 Å². The van der Waals surface area contributed by atoms with Crippen molar-refractivity contribution >= 4 is 11.9 Å². The van der Waals surface area contributed by atoms with Gasteiger partial charge in [-0.3, -0.25) is 0 Å². The number of hydrogen-bond acceptors (Lipinski definition) is 4. The first-order chi connectivity index (χ1) is 19.8. The van der Waals surface area contributed by atoms with Crippen LogP contribution in [0.1, 0.15) is 55.7 Å². The summed E-state index contributed by atoms with van der Waals surface area (Å²) in [5.41, 5.74) is 11.7. The number of hydrogen-bond donors (Lipinski definition) is 0. The van der Waals surface area contributed by atoms with Crippen molar-refractivity contribution in [3.8, 4) is 22.3 Å². The second-order valence-electron chi connectivity index (χ2n) is 11.4. The molecule has 4 nitrogen and oxygen atoms in total. The molecule has 0 aromatic heterocycles. The quantitative estimate of drug-likeness (QED) is 0.184. The zero-order valence-electron chi connectivity index (χ0n) is 23.2. The van der Waals surface area contributed by atoms with Crippen molar-refractivity contribution in [2.45, 2.75) is 35.1 Å². The molecule has 1 heterocycles.